The maximum absolute atomic E-state index is 10.8. The van der Waals surface area contributed by atoms with Gasteiger partial charge in [-0.05, 0) is 30.8 Å². The number of aryl methyl sites for hydroxylation is 1. The van der Waals surface area contributed by atoms with Crippen LogP contribution in [0.5, 0.6) is 11.5 Å². The normalized spacial score (nSPS) is 14.9. The minimum absolute atomic E-state index is 0.0879. The van der Waals surface area contributed by atoms with E-state index in [2.05, 4.69) is 0 Å². The molecule has 1 aliphatic heterocycles. The van der Waals surface area contributed by atoms with Crippen LogP contribution in [-0.2, 0) is 6.42 Å². The van der Waals surface area contributed by atoms with Crippen LogP contribution in [0.3, 0.4) is 0 Å². The van der Waals surface area contributed by atoms with E-state index in [-0.39, 0.29) is 11.3 Å². The first-order valence-corrected chi connectivity index (χ1v) is 5.02. The summed E-state index contributed by atoms with van der Waals surface area (Å²) in [6.45, 7) is 0. The maximum atomic E-state index is 10.8. The fourth-order valence-electron chi connectivity index (χ4n) is 1.78. The Kier molecular flexibility index (Phi) is 2.74. The molecule has 6 heteroatoms. The van der Waals surface area contributed by atoms with E-state index < -0.39 is 18.8 Å². The van der Waals surface area contributed by atoms with Gasteiger partial charge in [-0.15, -0.1) is 0 Å². The minimum atomic E-state index is -1.22. The van der Waals surface area contributed by atoms with Gasteiger partial charge in [0.05, 0.1) is 0 Å². The molecule has 1 aromatic rings. The van der Waals surface area contributed by atoms with Crippen molar-refractivity contribution in [3.05, 3.63) is 23.3 Å². The Balaban J connectivity index is 2.50. The second-order valence-electron chi connectivity index (χ2n) is 3.72. The summed E-state index contributed by atoms with van der Waals surface area (Å²) >= 11 is 0. The minimum Gasteiger partial charge on any atom is -0.533 e. The summed E-state index contributed by atoms with van der Waals surface area (Å²) in [7, 11) is -0.990. The molecule has 0 aromatic heterocycles. The van der Waals surface area contributed by atoms with Gasteiger partial charge in [-0.25, -0.2) is 4.79 Å². The zero-order chi connectivity index (χ0) is 11.7. The number of carboxylic acids is 1. The van der Waals surface area contributed by atoms with Crippen molar-refractivity contribution in [1.82, 2.24) is 0 Å². The van der Waals surface area contributed by atoms with Crippen LogP contribution >= 0.6 is 0 Å². The average molecular weight is 222 g/mol. The SMILES string of the molecule is O=C(O)c1ccc2c(c1O)OB(O)CCC2. The Morgan fingerprint density at radius 1 is 1.44 bits per heavy atom. The highest BCUT2D eigenvalue weighted by atomic mass is 16.5. The Morgan fingerprint density at radius 2 is 2.19 bits per heavy atom. The van der Waals surface area contributed by atoms with Crippen molar-refractivity contribution in [2.45, 2.75) is 19.2 Å². The number of phenols is 1. The molecule has 3 N–H and O–H groups in total. The van der Waals surface area contributed by atoms with Crippen LogP contribution < -0.4 is 4.65 Å². The Hall–Kier alpha value is -1.69. The lowest BCUT2D eigenvalue weighted by Crippen LogP contribution is -2.20. The summed E-state index contributed by atoms with van der Waals surface area (Å²) in [5, 5.41) is 28.0. The lowest BCUT2D eigenvalue weighted by Gasteiger charge is -2.12. The van der Waals surface area contributed by atoms with Crippen molar-refractivity contribution in [2.75, 3.05) is 0 Å². The van der Waals surface area contributed by atoms with E-state index in [1.54, 1.807) is 6.07 Å². The average Bonchev–Trinajstić information content (AvgIpc) is 2.40. The van der Waals surface area contributed by atoms with E-state index in [1.165, 1.54) is 6.07 Å². The van der Waals surface area contributed by atoms with Crippen molar-refractivity contribution in [3.8, 4) is 11.5 Å². The number of fused-ring (bicyclic) bond motifs is 1. The number of carboxylic acid groups (broad SMARTS) is 1. The van der Waals surface area contributed by atoms with Crippen LogP contribution in [0.4, 0.5) is 0 Å². The smallest absolute Gasteiger partial charge is 0.522 e. The van der Waals surface area contributed by atoms with E-state index in [4.69, 9.17) is 9.76 Å². The molecule has 1 aromatic carbocycles. The molecule has 0 radical (unpaired) electrons. The van der Waals surface area contributed by atoms with Gasteiger partial charge in [-0.2, -0.15) is 0 Å². The van der Waals surface area contributed by atoms with Crippen LogP contribution in [0.25, 0.3) is 0 Å². The molecule has 0 atom stereocenters. The van der Waals surface area contributed by atoms with Crippen LogP contribution in [0.1, 0.15) is 22.3 Å². The Morgan fingerprint density at radius 3 is 2.88 bits per heavy atom. The van der Waals surface area contributed by atoms with Crippen molar-refractivity contribution >= 4 is 13.1 Å². The van der Waals surface area contributed by atoms with Gasteiger partial charge in [-0.1, -0.05) is 6.07 Å². The number of hydrogen-bond donors (Lipinski definition) is 3. The lowest BCUT2D eigenvalue weighted by molar-refractivity contribution is 0.0693. The first-order valence-electron chi connectivity index (χ1n) is 5.02. The zero-order valence-electron chi connectivity index (χ0n) is 8.51. The first kappa shape index (κ1) is 10.8. The standard InChI is InChI=1S/C10H11BO5/c12-8-7(10(13)14)4-3-6-2-1-5-11(15)16-9(6)8/h3-4,12,15H,1-2,5H2,(H,13,14). The molecular formula is C10H11BO5. The molecule has 0 fully saturated rings. The summed E-state index contributed by atoms with van der Waals surface area (Å²) < 4.78 is 5.12. The summed E-state index contributed by atoms with van der Waals surface area (Å²) in [5.41, 5.74) is 0.506. The molecule has 84 valence electrons. The molecule has 0 aliphatic carbocycles. The predicted molar refractivity (Wildman–Crippen MR) is 56.8 cm³/mol. The summed E-state index contributed by atoms with van der Waals surface area (Å²) in [6, 6.07) is 2.95. The van der Waals surface area contributed by atoms with Crippen LogP contribution in [0, 0.1) is 0 Å². The number of aromatic carboxylic acids is 1. The van der Waals surface area contributed by atoms with E-state index in [0.717, 1.165) is 12.0 Å². The van der Waals surface area contributed by atoms with Crippen molar-refractivity contribution in [1.29, 1.82) is 0 Å². The second-order valence-corrected chi connectivity index (χ2v) is 3.72. The molecule has 0 saturated heterocycles. The van der Waals surface area contributed by atoms with Crippen molar-refractivity contribution < 1.29 is 24.7 Å². The van der Waals surface area contributed by atoms with Gasteiger partial charge in [-0.3, -0.25) is 0 Å². The third-order valence-corrected chi connectivity index (χ3v) is 2.59. The molecule has 0 bridgehead atoms. The third-order valence-electron chi connectivity index (χ3n) is 2.59. The van der Waals surface area contributed by atoms with E-state index in [9.17, 15) is 14.9 Å². The van der Waals surface area contributed by atoms with Crippen LogP contribution in [-0.4, -0.2) is 28.3 Å². The highest BCUT2D eigenvalue weighted by Crippen LogP contribution is 2.37. The number of aromatic hydroxyl groups is 1. The lowest BCUT2D eigenvalue weighted by atomic mass is 9.84. The Labute approximate surface area is 92.4 Å². The van der Waals surface area contributed by atoms with E-state index in [0.29, 0.717) is 12.7 Å². The van der Waals surface area contributed by atoms with E-state index >= 15 is 0 Å². The quantitative estimate of drug-likeness (QED) is 0.614. The molecule has 5 nitrogen and oxygen atoms in total. The molecule has 1 aliphatic rings. The fraction of sp³-hybridized carbons (Fsp3) is 0.300. The number of carbonyl (C=O) groups is 1. The van der Waals surface area contributed by atoms with Gasteiger partial charge in [0.2, 0.25) is 0 Å². The summed E-state index contributed by atoms with van der Waals surface area (Å²) in [6.07, 6.45) is 1.86. The van der Waals surface area contributed by atoms with E-state index in [1.807, 2.05) is 0 Å². The summed E-state index contributed by atoms with van der Waals surface area (Å²) in [5.74, 6) is -1.54. The topological polar surface area (TPSA) is 87.0 Å². The van der Waals surface area contributed by atoms with Gasteiger partial charge >= 0.3 is 13.1 Å². The van der Waals surface area contributed by atoms with Gasteiger partial charge in [0.25, 0.3) is 0 Å². The molecular weight excluding hydrogens is 211 g/mol. The first-order chi connectivity index (χ1) is 7.59. The van der Waals surface area contributed by atoms with Gasteiger partial charge in [0, 0.05) is 0 Å². The summed E-state index contributed by atoms with van der Waals surface area (Å²) in [4.78, 5) is 10.8. The van der Waals surface area contributed by atoms with Gasteiger partial charge in [0.1, 0.15) is 11.3 Å². The second kappa shape index (κ2) is 4.06. The molecule has 1 heterocycles. The number of benzene rings is 1. The third kappa shape index (κ3) is 1.83. The Bertz CT molecular complexity index is 431. The van der Waals surface area contributed by atoms with Gasteiger partial charge in [0.15, 0.2) is 5.75 Å². The highest BCUT2D eigenvalue weighted by molar-refractivity contribution is 6.43. The number of rotatable bonds is 1. The molecule has 0 amide bonds. The molecule has 0 saturated carbocycles. The van der Waals surface area contributed by atoms with Gasteiger partial charge < -0.3 is 19.9 Å². The number of hydrogen-bond acceptors (Lipinski definition) is 4. The highest BCUT2D eigenvalue weighted by Gasteiger charge is 2.26. The fourth-order valence-corrected chi connectivity index (χ4v) is 1.78. The van der Waals surface area contributed by atoms with Crippen molar-refractivity contribution in [2.24, 2.45) is 0 Å². The molecule has 16 heavy (non-hydrogen) atoms. The molecule has 2 rings (SSSR count). The predicted octanol–water partition coefficient (Wildman–Crippen LogP) is 0.896. The molecule has 0 unspecified atom stereocenters. The van der Waals surface area contributed by atoms with Crippen LogP contribution in [0.15, 0.2) is 12.1 Å². The zero-order valence-corrected chi connectivity index (χ0v) is 8.51. The maximum Gasteiger partial charge on any atom is 0.522 e. The largest absolute Gasteiger partial charge is 0.533 e. The van der Waals surface area contributed by atoms with Crippen molar-refractivity contribution in [3.63, 3.8) is 0 Å². The monoisotopic (exact) mass is 222 g/mol. The molecule has 0 spiro atoms. The van der Waals surface area contributed by atoms with Crippen LogP contribution in [0.2, 0.25) is 6.32 Å².